The second-order valence-electron chi connectivity index (χ2n) is 7.81. The number of nitrogens with zero attached hydrogens (tertiary/aromatic N) is 3. The van der Waals surface area contributed by atoms with Gasteiger partial charge >= 0.3 is 0 Å². The van der Waals surface area contributed by atoms with Crippen molar-refractivity contribution in [3.05, 3.63) is 78.8 Å². The zero-order valence-corrected chi connectivity index (χ0v) is 21.3. The summed E-state index contributed by atoms with van der Waals surface area (Å²) < 4.78 is 38.3. The Labute approximate surface area is 214 Å². The second kappa shape index (κ2) is 11.7. The smallest absolute Gasteiger partial charge is 0.247 e. The van der Waals surface area contributed by atoms with E-state index in [1.165, 1.54) is 29.3 Å². The highest BCUT2D eigenvalue weighted by molar-refractivity contribution is 7.99. The van der Waals surface area contributed by atoms with E-state index in [0.29, 0.717) is 44.2 Å². The predicted octanol–water partition coefficient (Wildman–Crippen LogP) is 3.37. The minimum Gasteiger partial charge on any atom is -0.495 e. The number of carbonyl (C=O) groups is 1. The Morgan fingerprint density at radius 2 is 1.94 bits per heavy atom. The van der Waals surface area contributed by atoms with Crippen LogP contribution in [0, 0.1) is 0 Å². The third-order valence-electron chi connectivity index (χ3n) is 5.39. The van der Waals surface area contributed by atoms with Crippen LogP contribution in [0.3, 0.4) is 0 Å². The molecule has 0 atom stereocenters. The normalized spacial score (nSPS) is 14.2. The second-order valence-corrected chi connectivity index (χ2v) is 10.8. The van der Waals surface area contributed by atoms with Crippen LogP contribution in [0.4, 0.5) is 5.69 Å². The van der Waals surface area contributed by atoms with Crippen LogP contribution in [-0.2, 0) is 26.0 Å². The summed E-state index contributed by atoms with van der Waals surface area (Å²) in [4.78, 5) is 21.5. The first-order valence-corrected chi connectivity index (χ1v) is 13.4. The fourth-order valence-corrected chi connectivity index (χ4v) is 5.92. The Hall–Kier alpha value is -3.25. The molecule has 36 heavy (non-hydrogen) atoms. The minimum absolute atomic E-state index is 0.133. The number of methoxy groups -OCH3 is 1. The number of benzene rings is 2. The average Bonchev–Trinajstić information content (AvgIpc) is 2.90. The molecule has 1 aliphatic heterocycles. The molecular formula is C25H26N4O5S2. The molecule has 1 saturated heterocycles. The van der Waals surface area contributed by atoms with E-state index in [1.807, 2.05) is 30.3 Å². The van der Waals surface area contributed by atoms with Gasteiger partial charge in [-0.3, -0.25) is 4.79 Å². The fourth-order valence-electron chi connectivity index (χ4n) is 3.59. The van der Waals surface area contributed by atoms with E-state index in [4.69, 9.17) is 9.47 Å². The molecule has 1 amide bonds. The molecule has 1 aromatic heterocycles. The molecule has 2 heterocycles. The van der Waals surface area contributed by atoms with Crippen LogP contribution in [0.15, 0.2) is 82.2 Å². The van der Waals surface area contributed by atoms with E-state index in [0.717, 1.165) is 15.5 Å². The maximum absolute atomic E-state index is 13.1. The Kier molecular flexibility index (Phi) is 8.36. The number of morpholine rings is 1. The first kappa shape index (κ1) is 25.8. The summed E-state index contributed by atoms with van der Waals surface area (Å²) in [7, 11) is -2.22. The number of aromatic nitrogens is 2. The van der Waals surface area contributed by atoms with Gasteiger partial charge in [-0.05, 0) is 54.1 Å². The Balaban J connectivity index is 1.47. The van der Waals surface area contributed by atoms with Gasteiger partial charge in [-0.2, -0.15) is 4.31 Å². The van der Waals surface area contributed by atoms with Crippen LogP contribution >= 0.6 is 11.8 Å². The fraction of sp³-hybridized carbons (Fsp3) is 0.240. The number of amides is 1. The molecule has 1 fully saturated rings. The summed E-state index contributed by atoms with van der Waals surface area (Å²) >= 11 is 1.47. The topological polar surface area (TPSA) is 111 Å². The summed E-state index contributed by atoms with van der Waals surface area (Å²) in [6.45, 7) is 4.83. The van der Waals surface area contributed by atoms with Gasteiger partial charge in [0.2, 0.25) is 15.9 Å². The lowest BCUT2D eigenvalue weighted by atomic mass is 10.1. The van der Waals surface area contributed by atoms with Crippen molar-refractivity contribution < 1.29 is 22.7 Å². The van der Waals surface area contributed by atoms with Crippen molar-refractivity contribution in [3.8, 4) is 5.75 Å². The van der Waals surface area contributed by atoms with Gasteiger partial charge in [0.15, 0.2) is 0 Å². The quantitative estimate of drug-likeness (QED) is 0.334. The molecule has 0 radical (unpaired) electrons. The van der Waals surface area contributed by atoms with Crippen molar-refractivity contribution in [3.63, 3.8) is 0 Å². The standard InChI is InChI=1S/C25H26N4O5S2/c1-3-24(30)27-19-5-7-20(8-6-19)35-25-10-11-26-23(28-25)17-18-4-9-22(21(16-18)33-2)36(31,32)29-12-14-34-15-13-29/h3-11,16H,1,12-15,17H2,2H3,(H,27,30). The SMILES string of the molecule is C=CC(=O)Nc1ccc(Sc2ccnc(Cc3ccc(S(=O)(=O)N4CCOCC4)c(OC)c3)n2)cc1. The molecule has 2 aromatic carbocycles. The van der Waals surface area contributed by atoms with Gasteiger partial charge in [0, 0.05) is 36.3 Å². The molecular weight excluding hydrogens is 500 g/mol. The molecule has 0 aliphatic carbocycles. The summed E-state index contributed by atoms with van der Waals surface area (Å²) in [5.74, 6) is 0.619. The molecule has 9 nitrogen and oxygen atoms in total. The van der Waals surface area contributed by atoms with Gasteiger partial charge in [-0.1, -0.05) is 24.4 Å². The third-order valence-corrected chi connectivity index (χ3v) is 8.27. The first-order valence-electron chi connectivity index (χ1n) is 11.2. The van der Waals surface area contributed by atoms with Gasteiger partial charge in [0.25, 0.3) is 0 Å². The number of hydrogen-bond acceptors (Lipinski definition) is 8. The third kappa shape index (κ3) is 6.30. The number of rotatable bonds is 9. The van der Waals surface area contributed by atoms with Crippen molar-refractivity contribution in [2.75, 3.05) is 38.7 Å². The lowest BCUT2D eigenvalue weighted by Crippen LogP contribution is -2.40. The highest BCUT2D eigenvalue weighted by Crippen LogP contribution is 2.30. The molecule has 0 spiro atoms. The first-order chi connectivity index (χ1) is 17.4. The van der Waals surface area contributed by atoms with Crippen molar-refractivity contribution in [2.24, 2.45) is 0 Å². The number of anilines is 1. The van der Waals surface area contributed by atoms with Crippen LogP contribution in [0.1, 0.15) is 11.4 Å². The number of sulfonamides is 1. The molecule has 1 aliphatic rings. The van der Waals surface area contributed by atoms with Crippen LogP contribution < -0.4 is 10.1 Å². The predicted molar refractivity (Wildman–Crippen MR) is 137 cm³/mol. The highest BCUT2D eigenvalue weighted by atomic mass is 32.2. The molecule has 188 valence electrons. The van der Waals surface area contributed by atoms with Crippen molar-refractivity contribution in [1.29, 1.82) is 0 Å². The molecule has 1 N–H and O–H groups in total. The van der Waals surface area contributed by atoms with Gasteiger partial charge in [-0.15, -0.1) is 0 Å². The Bertz CT molecular complexity index is 1340. The van der Waals surface area contributed by atoms with E-state index in [1.54, 1.807) is 24.4 Å². The van der Waals surface area contributed by atoms with E-state index in [9.17, 15) is 13.2 Å². The number of ether oxygens (including phenoxy) is 2. The summed E-state index contributed by atoms with van der Waals surface area (Å²) in [6, 6.07) is 14.3. The molecule has 11 heteroatoms. The molecule has 3 aromatic rings. The van der Waals surface area contributed by atoms with E-state index < -0.39 is 10.0 Å². The van der Waals surface area contributed by atoms with E-state index in [-0.39, 0.29) is 16.6 Å². The minimum atomic E-state index is -3.68. The van der Waals surface area contributed by atoms with Crippen LogP contribution in [0.25, 0.3) is 0 Å². The maximum atomic E-state index is 13.1. The average molecular weight is 527 g/mol. The zero-order valence-electron chi connectivity index (χ0n) is 19.7. The van der Waals surface area contributed by atoms with Crippen LogP contribution in [-0.4, -0.2) is 62.0 Å². The van der Waals surface area contributed by atoms with E-state index in [2.05, 4.69) is 21.9 Å². The van der Waals surface area contributed by atoms with E-state index >= 15 is 0 Å². The Morgan fingerprint density at radius 1 is 1.19 bits per heavy atom. The van der Waals surface area contributed by atoms with Gasteiger partial charge < -0.3 is 14.8 Å². The number of hydrogen-bond donors (Lipinski definition) is 1. The number of nitrogens with one attached hydrogen (secondary N) is 1. The molecule has 0 saturated carbocycles. The van der Waals surface area contributed by atoms with Crippen LogP contribution in [0.2, 0.25) is 0 Å². The van der Waals surface area contributed by atoms with Crippen molar-refractivity contribution in [1.82, 2.24) is 14.3 Å². The summed E-state index contributed by atoms with van der Waals surface area (Å²) in [5, 5.41) is 3.48. The lowest BCUT2D eigenvalue weighted by Gasteiger charge is -2.26. The highest BCUT2D eigenvalue weighted by Gasteiger charge is 2.29. The maximum Gasteiger partial charge on any atom is 0.247 e. The largest absolute Gasteiger partial charge is 0.495 e. The molecule has 4 rings (SSSR count). The van der Waals surface area contributed by atoms with Gasteiger partial charge in [-0.25, -0.2) is 18.4 Å². The van der Waals surface area contributed by atoms with Gasteiger partial charge in [0.05, 0.1) is 20.3 Å². The Morgan fingerprint density at radius 3 is 2.64 bits per heavy atom. The molecule has 0 unspecified atom stereocenters. The molecule has 0 bridgehead atoms. The lowest BCUT2D eigenvalue weighted by molar-refractivity contribution is -0.111. The van der Waals surface area contributed by atoms with Gasteiger partial charge in [0.1, 0.15) is 21.5 Å². The summed E-state index contributed by atoms with van der Waals surface area (Å²) in [6.07, 6.45) is 3.32. The summed E-state index contributed by atoms with van der Waals surface area (Å²) in [5.41, 5.74) is 1.51. The van der Waals surface area contributed by atoms with Crippen LogP contribution in [0.5, 0.6) is 5.75 Å². The van der Waals surface area contributed by atoms with Crippen molar-refractivity contribution in [2.45, 2.75) is 21.2 Å². The van der Waals surface area contributed by atoms with Crippen molar-refractivity contribution >= 4 is 33.4 Å². The zero-order chi connectivity index (χ0) is 25.5. The monoisotopic (exact) mass is 526 g/mol. The number of carbonyl (C=O) groups excluding carboxylic acids is 1.